The molecule has 0 bridgehead atoms. The first kappa shape index (κ1) is 22.1. The standard InChI is InChI=1S/C19H22N4O5S2/c1-10-15-18(28-4)22-14(9-27-3)23-19(15)29-16(10)17(24)21-11(2)12-5-7-13(8-6-12)30(20,25)26/h5-8,11H,9H2,1-4H3,(H,21,24)(H2,20,25,26). The summed E-state index contributed by atoms with van der Waals surface area (Å²) in [6.07, 6.45) is 0. The highest BCUT2D eigenvalue weighted by atomic mass is 32.2. The number of sulfonamides is 1. The number of ether oxygens (including phenoxy) is 2. The highest BCUT2D eigenvalue weighted by Crippen LogP contribution is 2.35. The zero-order valence-corrected chi connectivity index (χ0v) is 18.6. The maximum Gasteiger partial charge on any atom is 0.262 e. The highest BCUT2D eigenvalue weighted by molar-refractivity contribution is 7.89. The first-order valence-corrected chi connectivity index (χ1v) is 11.3. The Morgan fingerprint density at radius 3 is 2.47 bits per heavy atom. The van der Waals surface area contributed by atoms with Crippen molar-refractivity contribution in [1.29, 1.82) is 0 Å². The van der Waals surface area contributed by atoms with Gasteiger partial charge in [0.25, 0.3) is 5.91 Å². The molecule has 0 aliphatic heterocycles. The van der Waals surface area contributed by atoms with E-state index in [-0.39, 0.29) is 23.5 Å². The number of thiophene rings is 1. The molecular weight excluding hydrogens is 428 g/mol. The summed E-state index contributed by atoms with van der Waals surface area (Å²) in [5, 5.41) is 8.74. The van der Waals surface area contributed by atoms with E-state index in [1.54, 1.807) is 19.2 Å². The Balaban J connectivity index is 1.88. The van der Waals surface area contributed by atoms with Crippen LogP contribution >= 0.6 is 11.3 Å². The molecular formula is C19H22N4O5S2. The van der Waals surface area contributed by atoms with Gasteiger partial charge in [0.1, 0.15) is 11.4 Å². The highest BCUT2D eigenvalue weighted by Gasteiger charge is 2.22. The van der Waals surface area contributed by atoms with E-state index in [1.165, 1.54) is 30.6 Å². The van der Waals surface area contributed by atoms with E-state index >= 15 is 0 Å². The minimum absolute atomic E-state index is 0.0164. The van der Waals surface area contributed by atoms with Crippen molar-refractivity contribution in [3.8, 4) is 5.88 Å². The minimum Gasteiger partial charge on any atom is -0.480 e. The van der Waals surface area contributed by atoms with Gasteiger partial charge in [-0.15, -0.1) is 11.3 Å². The Morgan fingerprint density at radius 1 is 1.23 bits per heavy atom. The zero-order chi connectivity index (χ0) is 22.1. The predicted molar refractivity (Wildman–Crippen MR) is 113 cm³/mol. The molecule has 0 saturated heterocycles. The zero-order valence-electron chi connectivity index (χ0n) is 16.9. The van der Waals surface area contributed by atoms with Gasteiger partial charge >= 0.3 is 0 Å². The summed E-state index contributed by atoms with van der Waals surface area (Å²) < 4.78 is 33.3. The van der Waals surface area contributed by atoms with Crippen molar-refractivity contribution < 1.29 is 22.7 Å². The van der Waals surface area contributed by atoms with Gasteiger partial charge in [-0.3, -0.25) is 4.79 Å². The second-order valence-electron chi connectivity index (χ2n) is 6.63. The summed E-state index contributed by atoms with van der Waals surface area (Å²) >= 11 is 1.25. The van der Waals surface area contributed by atoms with Gasteiger partial charge in [-0.2, -0.15) is 4.98 Å². The molecule has 0 fully saturated rings. The van der Waals surface area contributed by atoms with Crippen molar-refractivity contribution in [2.45, 2.75) is 31.4 Å². The number of hydrogen-bond acceptors (Lipinski definition) is 8. The fourth-order valence-electron chi connectivity index (χ4n) is 2.99. The minimum atomic E-state index is -3.77. The second-order valence-corrected chi connectivity index (χ2v) is 9.19. The molecule has 2 aromatic heterocycles. The molecule has 3 N–H and O–H groups in total. The fourth-order valence-corrected chi connectivity index (χ4v) is 4.60. The number of primary sulfonamides is 1. The summed E-state index contributed by atoms with van der Waals surface area (Å²) in [4.78, 5) is 22.9. The van der Waals surface area contributed by atoms with Crippen molar-refractivity contribution >= 4 is 37.5 Å². The smallest absolute Gasteiger partial charge is 0.262 e. The van der Waals surface area contributed by atoms with Crippen LogP contribution in [0.15, 0.2) is 29.2 Å². The van der Waals surface area contributed by atoms with Crippen LogP contribution in [0.5, 0.6) is 5.88 Å². The fraction of sp³-hybridized carbons (Fsp3) is 0.316. The summed E-state index contributed by atoms with van der Waals surface area (Å²) in [5.74, 6) is 0.596. The molecule has 11 heteroatoms. The number of nitrogens with two attached hydrogens (primary N) is 1. The van der Waals surface area contributed by atoms with Gasteiger partial charge in [-0.05, 0) is 37.1 Å². The van der Waals surface area contributed by atoms with E-state index in [0.717, 1.165) is 11.1 Å². The number of rotatable bonds is 7. The van der Waals surface area contributed by atoms with E-state index in [2.05, 4.69) is 15.3 Å². The maximum atomic E-state index is 12.9. The van der Waals surface area contributed by atoms with Gasteiger partial charge in [-0.1, -0.05) is 12.1 Å². The third-order valence-corrected chi connectivity index (χ3v) is 6.65. The average molecular weight is 451 g/mol. The number of fused-ring (bicyclic) bond motifs is 1. The molecule has 2 heterocycles. The van der Waals surface area contributed by atoms with Gasteiger partial charge in [0, 0.05) is 7.11 Å². The second kappa shape index (κ2) is 8.64. The first-order valence-electron chi connectivity index (χ1n) is 8.92. The van der Waals surface area contributed by atoms with Crippen LogP contribution in [0, 0.1) is 6.92 Å². The van der Waals surface area contributed by atoms with Crippen molar-refractivity contribution in [3.63, 3.8) is 0 Å². The maximum absolute atomic E-state index is 12.9. The van der Waals surface area contributed by atoms with Crippen LogP contribution in [0.4, 0.5) is 0 Å². The summed E-state index contributed by atoms with van der Waals surface area (Å²) in [5.41, 5.74) is 1.47. The molecule has 3 rings (SSSR count). The number of carbonyl (C=O) groups excluding carboxylic acids is 1. The quantitative estimate of drug-likeness (QED) is 0.564. The Labute approximate surface area is 178 Å². The van der Waals surface area contributed by atoms with E-state index < -0.39 is 10.0 Å². The molecule has 1 amide bonds. The Bertz CT molecular complexity index is 1190. The largest absolute Gasteiger partial charge is 0.480 e. The monoisotopic (exact) mass is 450 g/mol. The average Bonchev–Trinajstić information content (AvgIpc) is 3.03. The number of aryl methyl sites for hydroxylation is 1. The van der Waals surface area contributed by atoms with Crippen LogP contribution in [-0.4, -0.2) is 38.5 Å². The number of benzene rings is 1. The predicted octanol–water partition coefficient (Wildman–Crippen LogP) is 2.29. The molecule has 0 aliphatic rings. The van der Waals surface area contributed by atoms with Crippen LogP contribution in [0.25, 0.3) is 10.2 Å². The molecule has 0 saturated carbocycles. The SMILES string of the molecule is COCc1nc(OC)c2c(C)c(C(=O)NC(C)c3ccc(S(N)(=O)=O)cc3)sc2n1. The normalized spacial score (nSPS) is 12.7. The molecule has 0 spiro atoms. The van der Waals surface area contributed by atoms with Crippen LogP contribution in [-0.2, 0) is 21.4 Å². The van der Waals surface area contributed by atoms with Crippen LogP contribution in [0.2, 0.25) is 0 Å². The van der Waals surface area contributed by atoms with Crippen molar-refractivity contribution in [2.75, 3.05) is 14.2 Å². The van der Waals surface area contributed by atoms with Gasteiger partial charge in [0.15, 0.2) is 5.82 Å². The lowest BCUT2D eigenvalue weighted by Gasteiger charge is -2.14. The molecule has 3 aromatic rings. The summed E-state index contributed by atoms with van der Waals surface area (Å²) in [6.45, 7) is 3.86. The van der Waals surface area contributed by atoms with Crippen molar-refractivity contribution in [2.24, 2.45) is 5.14 Å². The molecule has 0 radical (unpaired) electrons. The Hall–Kier alpha value is -2.60. The lowest BCUT2D eigenvalue weighted by molar-refractivity contribution is 0.0943. The van der Waals surface area contributed by atoms with Crippen molar-refractivity contribution in [1.82, 2.24) is 15.3 Å². The topological polar surface area (TPSA) is 134 Å². The van der Waals surface area contributed by atoms with E-state index in [1.807, 2.05) is 13.8 Å². The molecule has 30 heavy (non-hydrogen) atoms. The molecule has 1 atom stereocenters. The molecule has 1 aromatic carbocycles. The Kier molecular flexibility index (Phi) is 6.36. The first-order chi connectivity index (χ1) is 14.2. The van der Waals surface area contributed by atoms with Gasteiger partial charge in [0.2, 0.25) is 15.9 Å². The molecule has 0 aliphatic carbocycles. The number of nitrogens with one attached hydrogen (secondary N) is 1. The lowest BCUT2D eigenvalue weighted by atomic mass is 10.1. The van der Waals surface area contributed by atoms with E-state index in [4.69, 9.17) is 14.6 Å². The number of carbonyl (C=O) groups is 1. The third-order valence-electron chi connectivity index (χ3n) is 4.53. The van der Waals surface area contributed by atoms with Gasteiger partial charge in [0.05, 0.1) is 28.3 Å². The summed E-state index contributed by atoms with van der Waals surface area (Å²) in [7, 11) is -0.698. The number of hydrogen-bond donors (Lipinski definition) is 2. The number of nitrogens with zero attached hydrogens (tertiary/aromatic N) is 2. The lowest BCUT2D eigenvalue weighted by Crippen LogP contribution is -2.26. The van der Waals surface area contributed by atoms with Gasteiger partial charge in [-0.25, -0.2) is 18.5 Å². The van der Waals surface area contributed by atoms with Crippen LogP contribution < -0.4 is 15.2 Å². The summed E-state index contributed by atoms with van der Waals surface area (Å²) in [6, 6.07) is 5.71. The molecule has 9 nitrogen and oxygen atoms in total. The Morgan fingerprint density at radius 2 is 1.90 bits per heavy atom. The van der Waals surface area contributed by atoms with E-state index in [0.29, 0.717) is 26.8 Å². The number of methoxy groups -OCH3 is 2. The molecule has 1 unspecified atom stereocenters. The van der Waals surface area contributed by atoms with Crippen LogP contribution in [0.1, 0.15) is 39.6 Å². The third kappa shape index (κ3) is 4.43. The number of amides is 1. The number of aromatic nitrogens is 2. The van der Waals surface area contributed by atoms with E-state index in [9.17, 15) is 13.2 Å². The van der Waals surface area contributed by atoms with Crippen LogP contribution in [0.3, 0.4) is 0 Å². The van der Waals surface area contributed by atoms with Gasteiger partial charge < -0.3 is 14.8 Å². The molecule has 160 valence electrons. The van der Waals surface area contributed by atoms with Crippen molar-refractivity contribution in [3.05, 3.63) is 46.1 Å².